The second-order valence-corrected chi connectivity index (χ2v) is 5.71. The molecule has 0 heterocycles. The molecule has 0 aromatic rings. The summed E-state index contributed by atoms with van der Waals surface area (Å²) in [7, 11) is 1.65. The van der Waals surface area contributed by atoms with E-state index in [1.807, 2.05) is 19.9 Å². The van der Waals surface area contributed by atoms with Crippen LogP contribution in [0.2, 0.25) is 0 Å². The molecule has 4 heteroatoms. The van der Waals surface area contributed by atoms with Gasteiger partial charge in [-0.25, -0.2) is 0 Å². The molecule has 120 valence electrons. The summed E-state index contributed by atoms with van der Waals surface area (Å²) in [6.07, 6.45) is 8.27. The zero-order valence-electron chi connectivity index (χ0n) is 13.9. The minimum atomic E-state index is -0.128. The Hall–Kier alpha value is -1.26. The molecule has 0 spiro atoms. The van der Waals surface area contributed by atoms with Gasteiger partial charge in [0, 0.05) is 6.54 Å². The molecule has 0 aromatic carbocycles. The van der Waals surface area contributed by atoms with Crippen LogP contribution in [0.15, 0.2) is 34.8 Å². The number of hydrogen-bond donors (Lipinski definition) is 2. The van der Waals surface area contributed by atoms with E-state index >= 15 is 0 Å². The summed E-state index contributed by atoms with van der Waals surface area (Å²) in [4.78, 5) is 0. The van der Waals surface area contributed by atoms with Crippen LogP contribution in [0.1, 0.15) is 46.5 Å². The first kappa shape index (κ1) is 17.8. The average molecular weight is 294 g/mol. The van der Waals surface area contributed by atoms with Crippen molar-refractivity contribution in [2.24, 2.45) is 11.5 Å². The van der Waals surface area contributed by atoms with Crippen LogP contribution in [0.25, 0.3) is 0 Å². The molecule has 1 fully saturated rings. The Morgan fingerprint density at radius 1 is 1.29 bits per heavy atom. The predicted octanol–water partition coefficient (Wildman–Crippen LogP) is 3.00. The van der Waals surface area contributed by atoms with Gasteiger partial charge >= 0.3 is 0 Å². The first-order valence-corrected chi connectivity index (χ1v) is 7.72. The van der Waals surface area contributed by atoms with Crippen molar-refractivity contribution >= 4 is 0 Å². The Balaban J connectivity index is 2.86. The average Bonchev–Trinajstić information content (AvgIpc) is 3.22. The quantitative estimate of drug-likeness (QED) is 0.506. The molecule has 21 heavy (non-hydrogen) atoms. The van der Waals surface area contributed by atoms with Crippen LogP contribution in [0.5, 0.6) is 0 Å². The van der Waals surface area contributed by atoms with E-state index in [4.69, 9.17) is 20.9 Å². The molecule has 1 aliphatic carbocycles. The number of rotatable bonds is 9. The van der Waals surface area contributed by atoms with Crippen LogP contribution in [0.4, 0.5) is 0 Å². The van der Waals surface area contributed by atoms with E-state index in [-0.39, 0.29) is 5.54 Å². The van der Waals surface area contributed by atoms with Crippen molar-refractivity contribution in [3.05, 3.63) is 34.8 Å². The molecule has 1 aliphatic rings. The molecule has 0 unspecified atom stereocenters. The highest BCUT2D eigenvalue weighted by atomic mass is 16.5. The van der Waals surface area contributed by atoms with Crippen molar-refractivity contribution in [1.29, 1.82) is 0 Å². The van der Waals surface area contributed by atoms with Gasteiger partial charge in [-0.1, -0.05) is 19.4 Å². The molecule has 0 aromatic heterocycles. The van der Waals surface area contributed by atoms with Crippen molar-refractivity contribution in [1.82, 2.24) is 0 Å². The van der Waals surface area contributed by atoms with Gasteiger partial charge in [0.1, 0.15) is 12.4 Å². The maximum Gasteiger partial charge on any atom is 0.156 e. The zero-order valence-corrected chi connectivity index (χ0v) is 13.9. The maximum absolute atomic E-state index is 6.04. The molecule has 0 amide bonds. The van der Waals surface area contributed by atoms with E-state index in [0.29, 0.717) is 13.2 Å². The van der Waals surface area contributed by atoms with Gasteiger partial charge in [0.25, 0.3) is 0 Å². The van der Waals surface area contributed by atoms with Crippen LogP contribution < -0.4 is 11.5 Å². The summed E-state index contributed by atoms with van der Waals surface area (Å²) in [6.45, 7) is 7.14. The lowest BCUT2D eigenvalue weighted by atomic mass is 10.0. The van der Waals surface area contributed by atoms with Gasteiger partial charge < -0.3 is 20.9 Å². The van der Waals surface area contributed by atoms with Crippen LogP contribution in [-0.4, -0.2) is 25.8 Å². The zero-order chi connectivity index (χ0) is 15.9. The summed E-state index contributed by atoms with van der Waals surface area (Å²) >= 11 is 0. The first-order chi connectivity index (χ1) is 9.99. The fourth-order valence-electron chi connectivity index (χ4n) is 2.13. The largest absolute Gasteiger partial charge is 0.493 e. The highest BCUT2D eigenvalue weighted by molar-refractivity contribution is 5.37. The lowest BCUT2D eigenvalue weighted by Gasteiger charge is -2.15. The Bertz CT molecular complexity index is 432. The molecule has 0 bridgehead atoms. The molecule has 1 rings (SSSR count). The van der Waals surface area contributed by atoms with Crippen molar-refractivity contribution in [3.63, 3.8) is 0 Å². The highest BCUT2D eigenvalue weighted by Crippen LogP contribution is 2.33. The van der Waals surface area contributed by atoms with Crippen molar-refractivity contribution in [2.45, 2.75) is 52.0 Å². The molecule has 1 saturated carbocycles. The first-order valence-electron chi connectivity index (χ1n) is 7.72. The Morgan fingerprint density at radius 3 is 2.38 bits per heavy atom. The molecule has 4 N–H and O–H groups in total. The summed E-state index contributed by atoms with van der Waals surface area (Å²) in [6, 6.07) is 0. The fourth-order valence-corrected chi connectivity index (χ4v) is 2.13. The number of methoxy groups -OCH3 is 1. The third-order valence-electron chi connectivity index (χ3n) is 3.84. The lowest BCUT2D eigenvalue weighted by molar-refractivity contribution is 0.164. The van der Waals surface area contributed by atoms with Gasteiger partial charge in [0.15, 0.2) is 5.76 Å². The fraction of sp³-hybridized carbons (Fsp3) is 0.647. The Morgan fingerprint density at radius 2 is 1.95 bits per heavy atom. The molecule has 0 saturated heterocycles. The van der Waals surface area contributed by atoms with Crippen LogP contribution >= 0.6 is 0 Å². The molecule has 0 radical (unpaired) electrons. The normalized spacial score (nSPS) is 19.1. The minimum absolute atomic E-state index is 0.128. The smallest absolute Gasteiger partial charge is 0.156 e. The van der Waals surface area contributed by atoms with Crippen LogP contribution in [0.3, 0.4) is 0 Å². The third kappa shape index (κ3) is 5.56. The number of nitrogens with two attached hydrogens (primary N) is 2. The standard InChI is InChI=1S/C17H30N2O2/c1-5-7-14(6-2)15(11-18)10-16(20-4)13(3)21-12-17(19)8-9-17/h6,10H,5,7-9,11-12,18-19H2,1-4H3/b14-6-,15-10+,16-13-. The maximum atomic E-state index is 6.04. The van der Waals surface area contributed by atoms with E-state index in [0.717, 1.165) is 42.8 Å². The van der Waals surface area contributed by atoms with E-state index in [2.05, 4.69) is 13.0 Å². The van der Waals surface area contributed by atoms with Crippen molar-refractivity contribution in [3.8, 4) is 0 Å². The molecular formula is C17H30N2O2. The van der Waals surface area contributed by atoms with Gasteiger partial charge in [-0.15, -0.1) is 0 Å². The van der Waals surface area contributed by atoms with Gasteiger partial charge in [-0.05, 0) is 50.3 Å². The highest BCUT2D eigenvalue weighted by Gasteiger charge is 2.39. The predicted molar refractivity (Wildman–Crippen MR) is 87.6 cm³/mol. The summed E-state index contributed by atoms with van der Waals surface area (Å²) < 4.78 is 11.2. The van der Waals surface area contributed by atoms with E-state index < -0.39 is 0 Å². The minimum Gasteiger partial charge on any atom is -0.493 e. The number of allylic oxidation sites excluding steroid dienone is 3. The van der Waals surface area contributed by atoms with E-state index in [1.54, 1.807) is 7.11 Å². The third-order valence-corrected chi connectivity index (χ3v) is 3.84. The van der Waals surface area contributed by atoms with Crippen LogP contribution in [0, 0.1) is 0 Å². The molecule has 4 nitrogen and oxygen atoms in total. The van der Waals surface area contributed by atoms with E-state index in [9.17, 15) is 0 Å². The second-order valence-electron chi connectivity index (χ2n) is 5.71. The molecular weight excluding hydrogens is 264 g/mol. The Kier molecular flexibility index (Phi) is 6.99. The van der Waals surface area contributed by atoms with Gasteiger partial charge in [-0.2, -0.15) is 0 Å². The van der Waals surface area contributed by atoms with Crippen molar-refractivity contribution in [2.75, 3.05) is 20.3 Å². The van der Waals surface area contributed by atoms with Gasteiger partial charge in [0.05, 0.1) is 12.6 Å². The lowest BCUT2D eigenvalue weighted by Crippen LogP contribution is -2.27. The summed E-state index contributed by atoms with van der Waals surface area (Å²) in [5, 5.41) is 0. The topological polar surface area (TPSA) is 70.5 Å². The number of ether oxygens (including phenoxy) is 2. The van der Waals surface area contributed by atoms with E-state index in [1.165, 1.54) is 5.57 Å². The Labute approximate surface area is 128 Å². The monoisotopic (exact) mass is 294 g/mol. The summed E-state index contributed by atoms with van der Waals surface area (Å²) in [5.74, 6) is 1.47. The van der Waals surface area contributed by atoms with Crippen molar-refractivity contribution < 1.29 is 9.47 Å². The van der Waals surface area contributed by atoms with Gasteiger partial charge in [0.2, 0.25) is 0 Å². The van der Waals surface area contributed by atoms with Crippen LogP contribution in [-0.2, 0) is 9.47 Å². The number of hydrogen-bond acceptors (Lipinski definition) is 4. The molecule has 0 aliphatic heterocycles. The second kappa shape index (κ2) is 8.25. The SMILES string of the molecule is C\C=C(CCC)/C(=C/C(OC)=C(\C)OCC1(N)CC1)CN. The summed E-state index contributed by atoms with van der Waals surface area (Å²) in [5.41, 5.74) is 14.2. The van der Waals surface area contributed by atoms with Gasteiger partial charge in [-0.3, -0.25) is 0 Å². The molecule has 0 atom stereocenters.